The number of fused-ring (bicyclic) bond motifs is 5. The van der Waals surface area contributed by atoms with Gasteiger partial charge < -0.3 is 18.9 Å². The smallest absolute Gasteiger partial charge is 0.303 e. The minimum Gasteiger partial charge on any atom is -0.459 e. The minimum absolute atomic E-state index is 0.0545. The van der Waals surface area contributed by atoms with Gasteiger partial charge in [-0.25, -0.2) is 0 Å². The van der Waals surface area contributed by atoms with Crippen LogP contribution in [0, 0.1) is 17.8 Å². The summed E-state index contributed by atoms with van der Waals surface area (Å²) in [5.41, 5.74) is 1.91. The summed E-state index contributed by atoms with van der Waals surface area (Å²) >= 11 is 0. The first-order valence-corrected chi connectivity index (χ1v) is 13.5. The number of carbonyl (C=O) groups excluding carboxylic acids is 2. The van der Waals surface area contributed by atoms with E-state index in [9.17, 15) is 9.59 Å². The van der Waals surface area contributed by atoms with Gasteiger partial charge in [0, 0.05) is 31.6 Å². The van der Waals surface area contributed by atoms with E-state index < -0.39 is 11.2 Å². The molecule has 6 heteroatoms. The number of benzene rings is 1. The monoisotopic (exact) mass is 510 g/mol. The molecule has 4 rings (SSSR count). The lowest BCUT2D eigenvalue weighted by Crippen LogP contribution is -2.57. The third-order valence-corrected chi connectivity index (χ3v) is 8.34. The first-order valence-electron chi connectivity index (χ1n) is 13.5. The number of allylic oxidation sites excluding steroid dienone is 1. The van der Waals surface area contributed by atoms with Gasteiger partial charge in [-0.1, -0.05) is 53.6 Å². The summed E-state index contributed by atoms with van der Waals surface area (Å²) in [6.07, 6.45) is 6.00. The second kappa shape index (κ2) is 10.7. The van der Waals surface area contributed by atoms with Crippen LogP contribution in [0.4, 0.5) is 0 Å². The number of esters is 2. The van der Waals surface area contributed by atoms with E-state index in [1.807, 2.05) is 51.1 Å². The van der Waals surface area contributed by atoms with Crippen molar-refractivity contribution in [3.63, 3.8) is 0 Å². The van der Waals surface area contributed by atoms with Crippen molar-refractivity contribution in [2.75, 3.05) is 0 Å². The van der Waals surface area contributed by atoms with Crippen LogP contribution in [0.15, 0.2) is 53.6 Å². The fraction of sp³-hybridized carbons (Fsp3) is 0.613. The third kappa shape index (κ3) is 5.85. The molecule has 0 N–H and O–H groups in total. The van der Waals surface area contributed by atoms with Crippen LogP contribution >= 0.6 is 0 Å². The first kappa shape index (κ1) is 27.6. The predicted molar refractivity (Wildman–Crippen MR) is 142 cm³/mol. The van der Waals surface area contributed by atoms with Gasteiger partial charge >= 0.3 is 11.9 Å². The predicted octanol–water partition coefficient (Wildman–Crippen LogP) is 5.94. The molecule has 0 spiro atoms. The van der Waals surface area contributed by atoms with Crippen molar-refractivity contribution < 1.29 is 28.5 Å². The van der Waals surface area contributed by atoms with Crippen LogP contribution in [0.2, 0.25) is 0 Å². The van der Waals surface area contributed by atoms with Crippen LogP contribution in [-0.4, -0.2) is 41.5 Å². The lowest BCUT2D eigenvalue weighted by Gasteiger charge is -2.49. The largest absolute Gasteiger partial charge is 0.459 e. The molecular weight excluding hydrogens is 468 g/mol. The molecule has 2 aliphatic heterocycles. The summed E-state index contributed by atoms with van der Waals surface area (Å²) in [4.78, 5) is 24.6. The van der Waals surface area contributed by atoms with Gasteiger partial charge in [0.25, 0.3) is 0 Å². The van der Waals surface area contributed by atoms with Gasteiger partial charge in [-0.2, -0.15) is 0 Å². The standard InChI is InChI=1S/C31H42O6/c1-19-12-11-15-31(7,37-22(4)33)29-27-26(24(16-19)35-29)20(2)17-25(28(27)30(5,6)36-21(3)32)34-18-23-13-9-8-10-14-23/h8-10,12-14,17,24-29H,11,15-16,18H2,1-7H3/b19-12-/t24-,25-,26-,27+,28+,29-,31-/m1/s1. The van der Waals surface area contributed by atoms with Crippen molar-refractivity contribution in [1.82, 2.24) is 0 Å². The molecule has 202 valence electrons. The maximum atomic E-state index is 12.3. The van der Waals surface area contributed by atoms with Crippen LogP contribution in [-0.2, 0) is 35.1 Å². The molecule has 0 amide bonds. The molecule has 0 saturated carbocycles. The molecule has 2 heterocycles. The van der Waals surface area contributed by atoms with Gasteiger partial charge in [-0.3, -0.25) is 9.59 Å². The summed E-state index contributed by atoms with van der Waals surface area (Å²) < 4.78 is 25.5. The fourth-order valence-electron chi connectivity index (χ4n) is 7.03. The molecule has 37 heavy (non-hydrogen) atoms. The number of carbonyl (C=O) groups is 2. The van der Waals surface area contributed by atoms with Crippen molar-refractivity contribution in [2.24, 2.45) is 17.8 Å². The topological polar surface area (TPSA) is 71.1 Å². The summed E-state index contributed by atoms with van der Waals surface area (Å²) in [5, 5.41) is 0. The fourth-order valence-corrected chi connectivity index (χ4v) is 7.03. The second-order valence-electron chi connectivity index (χ2n) is 11.8. The average Bonchev–Trinajstić information content (AvgIpc) is 3.18. The maximum absolute atomic E-state index is 12.3. The average molecular weight is 511 g/mol. The van der Waals surface area contributed by atoms with E-state index in [2.05, 4.69) is 26.0 Å². The molecule has 0 aromatic heterocycles. The molecule has 1 saturated heterocycles. The maximum Gasteiger partial charge on any atom is 0.303 e. The Labute approximate surface area is 221 Å². The van der Waals surface area contributed by atoms with E-state index in [0.717, 1.165) is 18.4 Å². The Morgan fingerprint density at radius 2 is 1.81 bits per heavy atom. The van der Waals surface area contributed by atoms with Gasteiger partial charge in [0.1, 0.15) is 17.3 Å². The van der Waals surface area contributed by atoms with Crippen molar-refractivity contribution >= 4 is 11.9 Å². The molecule has 0 unspecified atom stereocenters. The number of hydrogen-bond acceptors (Lipinski definition) is 6. The van der Waals surface area contributed by atoms with E-state index >= 15 is 0 Å². The molecule has 0 radical (unpaired) electrons. The number of rotatable bonds is 6. The molecule has 1 aromatic rings. The summed E-state index contributed by atoms with van der Waals surface area (Å²) in [6, 6.07) is 10.1. The SMILES string of the molecule is CC(=O)OC(C)(C)[C@@H]1[C@@H]2[C@H](C(C)=C[C@H]1OCc1ccccc1)[C@H]1C/C(C)=C\CC[C@@](C)(OC(C)=O)[C@@H]2O1. The molecule has 7 atom stereocenters. The van der Waals surface area contributed by atoms with Crippen LogP contribution < -0.4 is 0 Å². The Balaban J connectivity index is 1.81. The first-order chi connectivity index (χ1) is 17.4. The van der Waals surface area contributed by atoms with Gasteiger partial charge in [0.15, 0.2) is 0 Å². The van der Waals surface area contributed by atoms with Crippen LogP contribution in [0.1, 0.15) is 73.3 Å². The molecular formula is C31H42O6. The zero-order chi connectivity index (χ0) is 27.0. The normalized spacial score (nSPS) is 35.1. The van der Waals surface area contributed by atoms with Crippen molar-refractivity contribution in [3.05, 3.63) is 59.2 Å². The van der Waals surface area contributed by atoms with Gasteiger partial charge in [0.2, 0.25) is 0 Å². The van der Waals surface area contributed by atoms with Crippen LogP contribution in [0.25, 0.3) is 0 Å². The summed E-state index contributed by atoms with van der Waals surface area (Å²) in [6.45, 7) is 13.6. The number of hydrogen-bond donors (Lipinski definition) is 0. The van der Waals surface area contributed by atoms with E-state index in [1.54, 1.807) is 0 Å². The molecule has 1 fully saturated rings. The Bertz CT molecular complexity index is 1060. The Hall–Kier alpha value is -2.44. The van der Waals surface area contributed by atoms with E-state index in [-0.39, 0.29) is 48.0 Å². The highest BCUT2D eigenvalue weighted by atomic mass is 16.6. The highest BCUT2D eigenvalue weighted by Gasteiger charge is 2.62. The van der Waals surface area contributed by atoms with E-state index in [0.29, 0.717) is 13.0 Å². The zero-order valence-electron chi connectivity index (χ0n) is 23.3. The van der Waals surface area contributed by atoms with Crippen LogP contribution in [0.5, 0.6) is 0 Å². The molecule has 6 nitrogen and oxygen atoms in total. The summed E-state index contributed by atoms with van der Waals surface area (Å²) in [5.74, 6) is -0.827. The highest BCUT2D eigenvalue weighted by Crippen LogP contribution is 2.55. The van der Waals surface area contributed by atoms with E-state index in [1.165, 1.54) is 25.0 Å². The zero-order valence-corrected chi connectivity index (χ0v) is 23.3. The van der Waals surface area contributed by atoms with Gasteiger partial charge in [-0.15, -0.1) is 0 Å². The van der Waals surface area contributed by atoms with Crippen molar-refractivity contribution in [2.45, 2.75) is 104 Å². The minimum atomic E-state index is -0.837. The third-order valence-electron chi connectivity index (χ3n) is 8.34. The lowest BCUT2D eigenvalue weighted by atomic mass is 9.60. The molecule has 1 aromatic carbocycles. The summed E-state index contributed by atoms with van der Waals surface area (Å²) in [7, 11) is 0. The Kier molecular flexibility index (Phi) is 8.01. The van der Waals surface area contributed by atoms with Gasteiger partial charge in [-0.05, 0) is 59.4 Å². The van der Waals surface area contributed by atoms with E-state index in [4.69, 9.17) is 18.9 Å². The van der Waals surface area contributed by atoms with Crippen molar-refractivity contribution in [1.29, 1.82) is 0 Å². The Morgan fingerprint density at radius 3 is 2.46 bits per heavy atom. The van der Waals surface area contributed by atoms with Crippen molar-refractivity contribution in [3.8, 4) is 0 Å². The molecule has 1 aliphatic carbocycles. The van der Waals surface area contributed by atoms with Crippen LogP contribution in [0.3, 0.4) is 0 Å². The van der Waals surface area contributed by atoms with Gasteiger partial charge in [0.05, 0.1) is 18.8 Å². The molecule has 2 bridgehead atoms. The molecule has 3 aliphatic rings. The Morgan fingerprint density at radius 1 is 1.11 bits per heavy atom. The lowest BCUT2D eigenvalue weighted by molar-refractivity contribution is -0.191. The number of ether oxygens (including phenoxy) is 4. The quantitative estimate of drug-likeness (QED) is 0.348. The second-order valence-corrected chi connectivity index (χ2v) is 11.8. The highest BCUT2D eigenvalue weighted by molar-refractivity contribution is 5.67.